The molecule has 1 atom stereocenters. The molecule has 0 aromatic carbocycles. The largest absolute Gasteiger partial charge is 0.370 e. The van der Waals surface area contributed by atoms with Gasteiger partial charge in [-0.15, -0.1) is 11.3 Å². The quantitative estimate of drug-likeness (QED) is 0.634. The number of aromatic nitrogens is 1. The normalized spacial score (nSPS) is 13.2. The van der Waals surface area contributed by atoms with Gasteiger partial charge in [0.05, 0.1) is 6.54 Å². The van der Waals surface area contributed by atoms with Crippen LogP contribution >= 0.6 is 11.3 Å². The predicted molar refractivity (Wildman–Crippen MR) is 85.2 cm³/mol. The minimum Gasteiger partial charge on any atom is -0.370 e. The van der Waals surface area contributed by atoms with Crippen LogP contribution in [-0.4, -0.2) is 24.0 Å². The van der Waals surface area contributed by atoms with Crippen LogP contribution in [0.1, 0.15) is 23.4 Å². The zero-order valence-corrected chi connectivity index (χ0v) is 12.4. The van der Waals surface area contributed by atoms with Gasteiger partial charge in [0.1, 0.15) is 0 Å². The Hall–Kier alpha value is -1.88. The molecule has 4 nitrogen and oxygen atoms in total. The molecule has 2 rings (SSSR count). The minimum absolute atomic E-state index is 0.408. The van der Waals surface area contributed by atoms with E-state index >= 15 is 0 Å². The number of hydrogen-bond donors (Lipinski definition) is 2. The Kier molecular flexibility index (Phi) is 5.55. The number of thiophene rings is 1. The molecule has 3 N–H and O–H groups in total. The summed E-state index contributed by atoms with van der Waals surface area (Å²) in [5.41, 5.74) is 6.92. The van der Waals surface area contributed by atoms with E-state index in [1.165, 1.54) is 4.88 Å². The van der Waals surface area contributed by atoms with E-state index in [2.05, 4.69) is 39.7 Å². The van der Waals surface area contributed by atoms with E-state index in [9.17, 15) is 0 Å². The first-order valence-electron chi connectivity index (χ1n) is 6.73. The Bertz CT molecular complexity index is 522. The molecule has 0 saturated heterocycles. The van der Waals surface area contributed by atoms with Gasteiger partial charge in [0, 0.05) is 35.7 Å². The summed E-state index contributed by atoms with van der Waals surface area (Å²) in [4.78, 5) is 9.99. The summed E-state index contributed by atoms with van der Waals surface area (Å²) in [6.45, 7) is 3.62. The van der Waals surface area contributed by atoms with Crippen molar-refractivity contribution in [3.8, 4) is 0 Å². The second kappa shape index (κ2) is 7.65. The molecule has 0 aliphatic carbocycles. The highest BCUT2D eigenvalue weighted by atomic mass is 32.1. The zero-order valence-electron chi connectivity index (χ0n) is 11.6. The number of rotatable bonds is 6. The fourth-order valence-corrected chi connectivity index (χ4v) is 2.60. The summed E-state index contributed by atoms with van der Waals surface area (Å²) < 4.78 is 0. The fourth-order valence-electron chi connectivity index (χ4n) is 1.82. The molecule has 0 saturated carbocycles. The van der Waals surface area contributed by atoms with Crippen molar-refractivity contribution in [2.24, 2.45) is 10.7 Å². The van der Waals surface area contributed by atoms with Gasteiger partial charge in [-0.2, -0.15) is 0 Å². The number of guanidine groups is 1. The van der Waals surface area contributed by atoms with Gasteiger partial charge >= 0.3 is 0 Å². The van der Waals surface area contributed by atoms with Crippen molar-refractivity contribution in [1.82, 2.24) is 10.3 Å². The fraction of sp³-hybridized carbons (Fsp3) is 0.333. The van der Waals surface area contributed by atoms with Crippen molar-refractivity contribution < 1.29 is 0 Å². The molecular weight excluding hydrogens is 268 g/mol. The molecule has 2 aromatic rings. The third-order valence-corrected chi connectivity index (χ3v) is 4.08. The second-order valence-corrected chi connectivity index (χ2v) is 5.62. The Labute approximate surface area is 123 Å². The van der Waals surface area contributed by atoms with Gasteiger partial charge < -0.3 is 11.1 Å². The topological polar surface area (TPSA) is 63.3 Å². The highest BCUT2D eigenvalue weighted by Gasteiger charge is 2.05. The highest BCUT2D eigenvalue weighted by Crippen LogP contribution is 2.20. The Balaban J connectivity index is 1.71. The lowest BCUT2D eigenvalue weighted by atomic mass is 10.1. The molecule has 2 heterocycles. The second-order valence-electron chi connectivity index (χ2n) is 4.64. The molecule has 0 aliphatic heterocycles. The lowest BCUT2D eigenvalue weighted by molar-refractivity contribution is 0.772. The molecule has 0 radical (unpaired) electrons. The maximum Gasteiger partial charge on any atom is 0.188 e. The van der Waals surface area contributed by atoms with Crippen LogP contribution in [0.25, 0.3) is 0 Å². The van der Waals surface area contributed by atoms with E-state index in [1.54, 1.807) is 17.5 Å². The van der Waals surface area contributed by atoms with E-state index in [-0.39, 0.29) is 0 Å². The highest BCUT2D eigenvalue weighted by molar-refractivity contribution is 7.10. The van der Waals surface area contributed by atoms with Crippen molar-refractivity contribution in [1.29, 1.82) is 0 Å². The van der Waals surface area contributed by atoms with E-state index < -0.39 is 0 Å². The smallest absolute Gasteiger partial charge is 0.188 e. The van der Waals surface area contributed by atoms with Crippen LogP contribution in [-0.2, 0) is 6.42 Å². The average molecular weight is 288 g/mol. The zero-order chi connectivity index (χ0) is 14.2. The van der Waals surface area contributed by atoms with Gasteiger partial charge in [-0.1, -0.05) is 19.1 Å². The van der Waals surface area contributed by atoms with Crippen molar-refractivity contribution in [2.75, 3.05) is 13.1 Å². The lowest BCUT2D eigenvalue weighted by Crippen LogP contribution is -2.33. The van der Waals surface area contributed by atoms with Crippen LogP contribution in [0, 0.1) is 0 Å². The average Bonchev–Trinajstić information content (AvgIpc) is 3.00. The standard InChI is InChI=1S/C15H20N4S/c1-12(14-6-4-10-20-14)11-19-15(16)18-9-7-13-5-2-3-8-17-13/h2-6,8,10,12H,7,9,11H2,1H3,(H3,16,18,19). The van der Waals surface area contributed by atoms with E-state index in [0.717, 1.165) is 18.7 Å². The van der Waals surface area contributed by atoms with Crippen molar-refractivity contribution >= 4 is 17.3 Å². The first kappa shape index (κ1) is 14.5. The van der Waals surface area contributed by atoms with Gasteiger partial charge in [-0.05, 0) is 23.6 Å². The number of pyridine rings is 1. The minimum atomic E-state index is 0.408. The molecule has 0 spiro atoms. The van der Waals surface area contributed by atoms with Crippen LogP contribution in [0.3, 0.4) is 0 Å². The van der Waals surface area contributed by atoms with Crippen molar-refractivity contribution in [3.63, 3.8) is 0 Å². The SMILES string of the molecule is CC(CN=C(N)NCCc1ccccn1)c1cccs1. The third kappa shape index (κ3) is 4.66. The summed E-state index contributed by atoms with van der Waals surface area (Å²) in [5.74, 6) is 0.912. The van der Waals surface area contributed by atoms with Gasteiger partial charge in [0.15, 0.2) is 5.96 Å². The number of nitrogens with one attached hydrogen (secondary N) is 1. The number of hydrogen-bond acceptors (Lipinski definition) is 3. The van der Waals surface area contributed by atoms with E-state index in [4.69, 9.17) is 5.73 Å². The monoisotopic (exact) mass is 288 g/mol. The molecule has 0 aliphatic rings. The molecular formula is C15H20N4S. The maximum absolute atomic E-state index is 5.86. The summed E-state index contributed by atoms with van der Waals surface area (Å²) in [7, 11) is 0. The maximum atomic E-state index is 5.86. The van der Waals surface area contributed by atoms with Crippen LogP contribution < -0.4 is 11.1 Å². The number of nitrogens with zero attached hydrogens (tertiary/aromatic N) is 2. The van der Waals surface area contributed by atoms with E-state index in [0.29, 0.717) is 18.4 Å². The molecule has 106 valence electrons. The first-order valence-corrected chi connectivity index (χ1v) is 7.61. The molecule has 0 amide bonds. The van der Waals surface area contributed by atoms with Crippen LogP contribution in [0.15, 0.2) is 46.9 Å². The Morgan fingerprint density at radius 2 is 2.30 bits per heavy atom. The summed E-state index contributed by atoms with van der Waals surface area (Å²) in [6.07, 6.45) is 2.65. The molecule has 1 unspecified atom stereocenters. The van der Waals surface area contributed by atoms with Crippen molar-refractivity contribution in [3.05, 3.63) is 52.5 Å². The van der Waals surface area contributed by atoms with Crippen LogP contribution in [0.2, 0.25) is 0 Å². The van der Waals surface area contributed by atoms with Gasteiger partial charge in [0.25, 0.3) is 0 Å². The van der Waals surface area contributed by atoms with E-state index in [1.807, 2.05) is 18.2 Å². The van der Waals surface area contributed by atoms with Gasteiger partial charge in [-0.3, -0.25) is 9.98 Å². The molecule has 5 heteroatoms. The Morgan fingerprint density at radius 3 is 3.00 bits per heavy atom. The first-order chi connectivity index (χ1) is 9.75. The predicted octanol–water partition coefficient (Wildman–Crippen LogP) is 2.39. The third-order valence-electron chi connectivity index (χ3n) is 2.98. The number of nitrogens with two attached hydrogens (primary N) is 1. The summed E-state index contributed by atoms with van der Waals surface area (Å²) in [6, 6.07) is 10.1. The molecule has 0 bridgehead atoms. The summed E-state index contributed by atoms with van der Waals surface area (Å²) >= 11 is 1.76. The summed E-state index contributed by atoms with van der Waals surface area (Å²) in [5, 5.41) is 5.21. The number of aliphatic imine (C=N–C) groups is 1. The van der Waals surface area contributed by atoms with Crippen molar-refractivity contribution in [2.45, 2.75) is 19.3 Å². The lowest BCUT2D eigenvalue weighted by Gasteiger charge is -2.08. The Morgan fingerprint density at radius 1 is 1.40 bits per heavy atom. The molecule has 0 fully saturated rings. The molecule has 20 heavy (non-hydrogen) atoms. The van der Waals surface area contributed by atoms with Gasteiger partial charge in [-0.25, -0.2) is 0 Å². The van der Waals surface area contributed by atoms with Crippen LogP contribution in [0.5, 0.6) is 0 Å². The van der Waals surface area contributed by atoms with Crippen LogP contribution in [0.4, 0.5) is 0 Å². The molecule has 2 aromatic heterocycles. The van der Waals surface area contributed by atoms with Gasteiger partial charge in [0.2, 0.25) is 0 Å².